The van der Waals surface area contributed by atoms with Crippen LogP contribution in [0.15, 0.2) is 66.7 Å². The van der Waals surface area contributed by atoms with Crippen molar-refractivity contribution >= 4 is 32.9 Å². The number of carbonyl (C=O) groups is 2. The van der Waals surface area contributed by atoms with Crippen molar-refractivity contribution in [3.63, 3.8) is 0 Å². The van der Waals surface area contributed by atoms with Crippen molar-refractivity contribution in [1.82, 2.24) is 23.4 Å². The molecule has 2 aliphatic heterocycles. The fraction of sp³-hybridized carbons (Fsp3) is 0.463. The second-order valence-electron chi connectivity index (χ2n) is 15.6. The molecule has 0 radical (unpaired) electrons. The summed E-state index contributed by atoms with van der Waals surface area (Å²) in [7, 11) is 2.60. The molecular formula is C41H49N5O5S. The van der Waals surface area contributed by atoms with Crippen LogP contribution in [0.5, 0.6) is 5.75 Å². The highest BCUT2D eigenvalue weighted by atomic mass is 32.2. The Morgan fingerprint density at radius 3 is 2.42 bits per heavy atom. The lowest BCUT2D eigenvalue weighted by atomic mass is 9.81. The van der Waals surface area contributed by atoms with Crippen LogP contribution in [0.2, 0.25) is 0 Å². The van der Waals surface area contributed by atoms with Gasteiger partial charge in [-0.1, -0.05) is 62.6 Å². The van der Waals surface area contributed by atoms with Crippen molar-refractivity contribution in [2.45, 2.75) is 63.5 Å². The van der Waals surface area contributed by atoms with Gasteiger partial charge in [-0.25, -0.2) is 4.72 Å². The van der Waals surface area contributed by atoms with Gasteiger partial charge in [0, 0.05) is 68.2 Å². The summed E-state index contributed by atoms with van der Waals surface area (Å²) in [5, 5.41) is 1.06. The lowest BCUT2D eigenvalue weighted by molar-refractivity contribution is -0.143. The van der Waals surface area contributed by atoms with Gasteiger partial charge in [-0.15, -0.1) is 0 Å². The SMILES string of the molecule is COc1ccc2c(c1)C1[C@H](C)[C@]1(C(=O)N1CCN(C)CC1c1ccccc1)Cn1c-2c(C2CCCCC2)c2ccc(C(=O)NS(=O)(=O)N(C)C)cc21. The van der Waals surface area contributed by atoms with E-state index in [4.69, 9.17) is 4.74 Å². The summed E-state index contributed by atoms with van der Waals surface area (Å²) in [5.74, 6) is 0.617. The van der Waals surface area contributed by atoms with Gasteiger partial charge in [-0.2, -0.15) is 12.7 Å². The van der Waals surface area contributed by atoms with Crippen molar-refractivity contribution in [2.75, 3.05) is 47.9 Å². The van der Waals surface area contributed by atoms with Gasteiger partial charge in [0.2, 0.25) is 5.91 Å². The maximum absolute atomic E-state index is 15.5. The van der Waals surface area contributed by atoms with Crippen LogP contribution in [0, 0.1) is 11.3 Å². The molecular weight excluding hydrogens is 675 g/mol. The van der Waals surface area contributed by atoms with E-state index in [1.165, 1.54) is 26.1 Å². The van der Waals surface area contributed by atoms with Crippen LogP contribution in [0.3, 0.4) is 0 Å². The minimum atomic E-state index is -3.99. The fourth-order valence-corrected chi connectivity index (χ4v) is 10.2. The Bertz CT molecular complexity index is 2160. The average molecular weight is 724 g/mol. The van der Waals surface area contributed by atoms with Gasteiger partial charge in [0.1, 0.15) is 5.75 Å². The summed E-state index contributed by atoms with van der Waals surface area (Å²) >= 11 is 0. The molecule has 0 spiro atoms. The molecule has 8 rings (SSSR count). The van der Waals surface area contributed by atoms with Gasteiger partial charge in [0.05, 0.1) is 24.3 Å². The van der Waals surface area contributed by atoms with Gasteiger partial charge < -0.3 is 19.1 Å². The Labute approximate surface area is 306 Å². The number of amides is 2. The van der Waals surface area contributed by atoms with E-state index in [1.54, 1.807) is 13.2 Å². The predicted molar refractivity (Wildman–Crippen MR) is 203 cm³/mol. The number of hydrogen-bond acceptors (Lipinski definition) is 6. The van der Waals surface area contributed by atoms with Crippen LogP contribution in [-0.2, 0) is 21.5 Å². The van der Waals surface area contributed by atoms with Gasteiger partial charge >= 0.3 is 10.2 Å². The quantitative estimate of drug-likeness (QED) is 0.246. The number of carbonyl (C=O) groups excluding carboxylic acids is 2. The zero-order chi connectivity index (χ0) is 36.5. The molecule has 0 bridgehead atoms. The number of aromatic nitrogens is 1. The van der Waals surface area contributed by atoms with E-state index in [9.17, 15) is 13.2 Å². The van der Waals surface area contributed by atoms with E-state index >= 15 is 4.79 Å². The van der Waals surface area contributed by atoms with E-state index in [0.717, 1.165) is 82.1 Å². The smallest absolute Gasteiger partial charge is 0.303 e. The fourth-order valence-electron chi connectivity index (χ4n) is 9.65. The number of fused-ring (bicyclic) bond motifs is 7. The molecule has 3 heterocycles. The molecule has 1 aromatic heterocycles. The maximum atomic E-state index is 15.5. The molecule has 2 saturated carbocycles. The molecule has 2 amide bonds. The highest BCUT2D eigenvalue weighted by Crippen LogP contribution is 2.70. The van der Waals surface area contributed by atoms with Crippen molar-refractivity contribution in [3.8, 4) is 17.0 Å². The largest absolute Gasteiger partial charge is 0.497 e. The number of ether oxygens (including phenoxy) is 1. The Morgan fingerprint density at radius 2 is 1.71 bits per heavy atom. The van der Waals surface area contributed by atoms with E-state index in [1.807, 2.05) is 36.4 Å². The number of piperazine rings is 1. The van der Waals surface area contributed by atoms with Crippen molar-refractivity contribution in [1.29, 1.82) is 0 Å². The van der Waals surface area contributed by atoms with Crippen LogP contribution in [0.4, 0.5) is 0 Å². The summed E-state index contributed by atoms with van der Waals surface area (Å²) in [5.41, 5.74) is 6.16. The third-order valence-corrected chi connectivity index (χ3v) is 13.9. The second kappa shape index (κ2) is 13.0. The van der Waals surface area contributed by atoms with Gasteiger partial charge in [0.15, 0.2) is 0 Å². The first kappa shape index (κ1) is 34.9. The first-order valence-electron chi connectivity index (χ1n) is 18.6. The normalized spacial score (nSPS) is 24.9. The van der Waals surface area contributed by atoms with Crippen molar-refractivity contribution in [3.05, 3.63) is 89.0 Å². The molecule has 10 nitrogen and oxygen atoms in total. The summed E-state index contributed by atoms with van der Waals surface area (Å²) in [4.78, 5) is 33.5. The van der Waals surface area contributed by atoms with E-state index in [2.05, 4.69) is 57.3 Å². The number of benzene rings is 3. The molecule has 1 saturated heterocycles. The predicted octanol–water partition coefficient (Wildman–Crippen LogP) is 6.15. The maximum Gasteiger partial charge on any atom is 0.303 e. The third-order valence-electron chi connectivity index (χ3n) is 12.5. The molecule has 11 heteroatoms. The average Bonchev–Trinajstić information content (AvgIpc) is 3.66. The molecule has 4 atom stereocenters. The van der Waals surface area contributed by atoms with Crippen LogP contribution in [0.25, 0.3) is 22.2 Å². The lowest BCUT2D eigenvalue weighted by Crippen LogP contribution is -2.52. The Hall–Kier alpha value is -4.19. The monoisotopic (exact) mass is 723 g/mol. The van der Waals surface area contributed by atoms with E-state index in [-0.39, 0.29) is 29.3 Å². The zero-order valence-corrected chi connectivity index (χ0v) is 31.6. The standard InChI is InChI=1S/C41H49N5O5S/c1-26-37-33-23-30(51-5)17-19-31(33)38-36(28-14-10-7-11-15-28)32-18-16-29(39(47)42-52(49,50)43(2)3)22-34(32)46(38)25-41(26,37)40(48)45-21-20-44(4)24-35(45)27-12-8-6-9-13-27/h6,8-9,12-13,16-19,22-23,26,28,35,37H,7,10-11,14-15,20-21,24-25H2,1-5H3,(H,42,47)/t26-,35?,37?,41+/m0/s1. The van der Waals surface area contributed by atoms with E-state index < -0.39 is 21.5 Å². The first-order chi connectivity index (χ1) is 25.0. The summed E-state index contributed by atoms with van der Waals surface area (Å²) in [6.45, 7) is 4.86. The number of rotatable bonds is 7. The summed E-state index contributed by atoms with van der Waals surface area (Å²) in [6, 6.07) is 22.2. The van der Waals surface area contributed by atoms with Gasteiger partial charge in [-0.3, -0.25) is 9.59 Å². The van der Waals surface area contributed by atoms with Crippen LogP contribution >= 0.6 is 0 Å². The second-order valence-corrected chi connectivity index (χ2v) is 17.5. The number of nitrogens with zero attached hydrogens (tertiary/aromatic N) is 4. The van der Waals surface area contributed by atoms with Crippen molar-refractivity contribution in [2.24, 2.45) is 11.3 Å². The van der Waals surface area contributed by atoms with Crippen molar-refractivity contribution < 1.29 is 22.7 Å². The van der Waals surface area contributed by atoms with E-state index in [0.29, 0.717) is 19.0 Å². The topological polar surface area (TPSA) is 104 Å². The van der Waals surface area contributed by atoms with Crippen LogP contribution in [0.1, 0.15) is 84.0 Å². The molecule has 3 aromatic carbocycles. The molecule has 2 aliphatic carbocycles. The molecule has 4 aromatic rings. The number of likely N-dealkylation sites (N-methyl/N-ethyl adjacent to an activating group) is 1. The minimum absolute atomic E-state index is 0.0212. The highest BCUT2D eigenvalue weighted by Gasteiger charge is 2.70. The lowest BCUT2D eigenvalue weighted by Gasteiger charge is -2.42. The molecule has 3 fully saturated rings. The molecule has 2 unspecified atom stereocenters. The summed E-state index contributed by atoms with van der Waals surface area (Å²) in [6.07, 6.45) is 5.67. The third kappa shape index (κ3) is 5.54. The molecule has 4 aliphatic rings. The number of methoxy groups -OCH3 is 1. The van der Waals surface area contributed by atoms with Gasteiger partial charge in [-0.05, 0) is 78.7 Å². The molecule has 52 heavy (non-hydrogen) atoms. The number of hydrogen-bond donors (Lipinski definition) is 1. The van der Waals surface area contributed by atoms with Crippen LogP contribution < -0.4 is 9.46 Å². The van der Waals surface area contributed by atoms with Crippen LogP contribution in [-0.4, -0.2) is 86.8 Å². The van der Waals surface area contributed by atoms with Gasteiger partial charge in [0.25, 0.3) is 5.91 Å². The highest BCUT2D eigenvalue weighted by molar-refractivity contribution is 7.87. The Kier molecular flexibility index (Phi) is 8.74. The Balaban J connectivity index is 1.33. The molecule has 1 N–H and O–H groups in total. The number of nitrogens with one attached hydrogen (secondary N) is 1. The first-order valence-corrected chi connectivity index (χ1v) is 20.0. The Morgan fingerprint density at radius 1 is 0.962 bits per heavy atom. The zero-order valence-electron chi connectivity index (χ0n) is 30.8. The summed E-state index contributed by atoms with van der Waals surface area (Å²) < 4.78 is 36.7. The molecule has 274 valence electrons. The minimum Gasteiger partial charge on any atom is -0.497 e.